The highest BCUT2D eigenvalue weighted by molar-refractivity contribution is 6.39. The SMILES string of the molecule is O=C1CCC(C(=O)N(CC2CCOC2)C2CC2)=NN1. The van der Waals surface area contributed by atoms with Crippen LogP contribution in [-0.4, -0.2) is 48.2 Å². The second-order valence-corrected chi connectivity index (χ2v) is 5.51. The molecule has 0 aromatic heterocycles. The summed E-state index contributed by atoms with van der Waals surface area (Å²) >= 11 is 0. The first-order valence-electron chi connectivity index (χ1n) is 6.98. The van der Waals surface area contributed by atoms with E-state index in [1.165, 1.54) is 0 Å². The van der Waals surface area contributed by atoms with Crippen molar-refractivity contribution < 1.29 is 14.3 Å². The zero-order valence-electron chi connectivity index (χ0n) is 10.9. The van der Waals surface area contributed by atoms with Gasteiger partial charge in [-0.2, -0.15) is 5.10 Å². The second-order valence-electron chi connectivity index (χ2n) is 5.51. The predicted octanol–water partition coefficient (Wildman–Crippen LogP) is 0.280. The number of carbonyl (C=O) groups excluding carboxylic acids is 2. The number of nitrogens with zero attached hydrogens (tertiary/aromatic N) is 2. The van der Waals surface area contributed by atoms with E-state index < -0.39 is 0 Å². The van der Waals surface area contributed by atoms with Crippen LogP contribution in [0.2, 0.25) is 0 Å². The maximum Gasteiger partial charge on any atom is 0.270 e. The summed E-state index contributed by atoms with van der Waals surface area (Å²) in [6.07, 6.45) is 4.00. The van der Waals surface area contributed by atoms with Crippen molar-refractivity contribution in [3.63, 3.8) is 0 Å². The Labute approximate surface area is 112 Å². The average Bonchev–Trinajstić information content (AvgIpc) is 3.13. The van der Waals surface area contributed by atoms with Crippen LogP contribution in [0.1, 0.15) is 32.1 Å². The summed E-state index contributed by atoms with van der Waals surface area (Å²) in [4.78, 5) is 25.5. The van der Waals surface area contributed by atoms with E-state index in [4.69, 9.17) is 4.74 Å². The van der Waals surface area contributed by atoms with Gasteiger partial charge in [0.15, 0.2) is 0 Å². The molecule has 0 bridgehead atoms. The Morgan fingerprint density at radius 2 is 2.21 bits per heavy atom. The highest BCUT2D eigenvalue weighted by Crippen LogP contribution is 2.29. The molecule has 1 unspecified atom stereocenters. The lowest BCUT2D eigenvalue weighted by molar-refractivity contribution is -0.125. The second kappa shape index (κ2) is 5.28. The van der Waals surface area contributed by atoms with Crippen LogP contribution in [0.25, 0.3) is 0 Å². The van der Waals surface area contributed by atoms with Crippen molar-refractivity contribution in [1.82, 2.24) is 10.3 Å². The number of rotatable bonds is 4. The first-order valence-corrected chi connectivity index (χ1v) is 6.98. The molecule has 1 saturated carbocycles. The van der Waals surface area contributed by atoms with Gasteiger partial charge in [0, 0.05) is 38.0 Å². The van der Waals surface area contributed by atoms with Gasteiger partial charge < -0.3 is 9.64 Å². The number of nitrogens with one attached hydrogen (secondary N) is 1. The monoisotopic (exact) mass is 265 g/mol. The van der Waals surface area contributed by atoms with Crippen molar-refractivity contribution in [3.8, 4) is 0 Å². The van der Waals surface area contributed by atoms with Gasteiger partial charge in [0.2, 0.25) is 5.91 Å². The molecule has 0 spiro atoms. The number of amides is 2. The third-order valence-corrected chi connectivity index (χ3v) is 3.88. The third kappa shape index (κ3) is 2.94. The standard InChI is InChI=1S/C13H19N3O3/c17-12-4-3-11(14-15-12)13(18)16(10-1-2-10)7-9-5-6-19-8-9/h9-10H,1-8H2,(H,15,17). The molecule has 2 amide bonds. The van der Waals surface area contributed by atoms with E-state index in [0.717, 1.165) is 39.0 Å². The van der Waals surface area contributed by atoms with Crippen LogP contribution in [0.3, 0.4) is 0 Å². The van der Waals surface area contributed by atoms with Gasteiger partial charge >= 0.3 is 0 Å². The van der Waals surface area contributed by atoms with Crippen molar-refractivity contribution in [2.24, 2.45) is 11.0 Å². The van der Waals surface area contributed by atoms with Crippen LogP contribution in [0.15, 0.2) is 5.10 Å². The quantitative estimate of drug-likeness (QED) is 0.793. The molecule has 0 radical (unpaired) electrons. The zero-order chi connectivity index (χ0) is 13.2. The van der Waals surface area contributed by atoms with E-state index in [9.17, 15) is 9.59 Å². The molecule has 1 aliphatic carbocycles. The molecule has 1 N–H and O–H groups in total. The molecular weight excluding hydrogens is 246 g/mol. The molecule has 2 aliphatic heterocycles. The van der Waals surface area contributed by atoms with Gasteiger partial charge in [-0.25, -0.2) is 5.43 Å². The minimum atomic E-state index is -0.112. The van der Waals surface area contributed by atoms with Gasteiger partial charge in [-0.15, -0.1) is 0 Å². The smallest absolute Gasteiger partial charge is 0.270 e. The summed E-state index contributed by atoms with van der Waals surface area (Å²) in [5.74, 6) is 0.330. The maximum absolute atomic E-state index is 12.5. The Morgan fingerprint density at radius 3 is 2.79 bits per heavy atom. The lowest BCUT2D eigenvalue weighted by Crippen LogP contribution is -2.43. The number of ether oxygens (including phenoxy) is 1. The molecule has 104 valence electrons. The summed E-state index contributed by atoms with van der Waals surface area (Å²) in [5, 5.41) is 3.91. The van der Waals surface area contributed by atoms with Crippen molar-refractivity contribution in [2.45, 2.75) is 38.1 Å². The number of carbonyl (C=O) groups is 2. The van der Waals surface area contributed by atoms with Crippen molar-refractivity contribution in [3.05, 3.63) is 0 Å². The highest BCUT2D eigenvalue weighted by atomic mass is 16.5. The Kier molecular flexibility index (Phi) is 3.50. The first kappa shape index (κ1) is 12.6. The number of hydrazone groups is 1. The van der Waals surface area contributed by atoms with Crippen molar-refractivity contribution in [2.75, 3.05) is 19.8 Å². The van der Waals surface area contributed by atoms with Gasteiger partial charge in [-0.1, -0.05) is 0 Å². The Morgan fingerprint density at radius 1 is 1.37 bits per heavy atom. The molecule has 0 aromatic carbocycles. The van der Waals surface area contributed by atoms with E-state index in [1.807, 2.05) is 4.90 Å². The summed E-state index contributed by atoms with van der Waals surface area (Å²) < 4.78 is 5.37. The fraction of sp³-hybridized carbons (Fsp3) is 0.769. The van der Waals surface area contributed by atoms with Crippen LogP contribution in [-0.2, 0) is 14.3 Å². The highest BCUT2D eigenvalue weighted by Gasteiger charge is 2.37. The van der Waals surface area contributed by atoms with Gasteiger partial charge in [0.1, 0.15) is 5.71 Å². The summed E-state index contributed by atoms with van der Waals surface area (Å²) in [5.41, 5.74) is 2.89. The van der Waals surface area contributed by atoms with Crippen LogP contribution in [0.5, 0.6) is 0 Å². The average molecular weight is 265 g/mol. The Balaban J connectivity index is 1.65. The van der Waals surface area contributed by atoms with E-state index >= 15 is 0 Å². The van der Waals surface area contributed by atoms with Gasteiger partial charge in [0.05, 0.1) is 6.61 Å². The van der Waals surface area contributed by atoms with Crippen LogP contribution < -0.4 is 5.43 Å². The topological polar surface area (TPSA) is 71.0 Å². The fourth-order valence-corrected chi connectivity index (χ4v) is 2.58. The molecule has 1 atom stereocenters. The molecule has 6 heteroatoms. The normalized spacial score (nSPS) is 26.8. The fourth-order valence-electron chi connectivity index (χ4n) is 2.58. The molecule has 1 saturated heterocycles. The van der Waals surface area contributed by atoms with E-state index in [-0.39, 0.29) is 11.8 Å². The summed E-state index contributed by atoms with van der Waals surface area (Å²) in [6, 6.07) is 0.369. The molecule has 3 rings (SSSR count). The summed E-state index contributed by atoms with van der Waals surface area (Å²) in [6.45, 7) is 2.31. The van der Waals surface area contributed by atoms with E-state index in [2.05, 4.69) is 10.5 Å². The van der Waals surface area contributed by atoms with Gasteiger partial charge in [0.25, 0.3) is 5.91 Å². The Bertz CT molecular complexity index is 411. The van der Waals surface area contributed by atoms with E-state index in [0.29, 0.717) is 30.5 Å². The molecule has 3 aliphatic rings. The van der Waals surface area contributed by atoms with Gasteiger partial charge in [-0.05, 0) is 19.3 Å². The third-order valence-electron chi connectivity index (χ3n) is 3.88. The zero-order valence-corrected chi connectivity index (χ0v) is 10.9. The van der Waals surface area contributed by atoms with Crippen molar-refractivity contribution >= 4 is 17.5 Å². The Hall–Kier alpha value is -1.43. The molecule has 2 fully saturated rings. The van der Waals surface area contributed by atoms with Crippen LogP contribution >= 0.6 is 0 Å². The molecule has 19 heavy (non-hydrogen) atoms. The largest absolute Gasteiger partial charge is 0.381 e. The lowest BCUT2D eigenvalue weighted by Gasteiger charge is -2.26. The minimum Gasteiger partial charge on any atom is -0.381 e. The number of hydrogen-bond donors (Lipinski definition) is 1. The molecule has 0 aromatic rings. The lowest BCUT2D eigenvalue weighted by atomic mass is 10.1. The predicted molar refractivity (Wildman–Crippen MR) is 68.5 cm³/mol. The van der Waals surface area contributed by atoms with Crippen LogP contribution in [0, 0.1) is 5.92 Å². The first-order chi connectivity index (χ1) is 9.24. The molecule has 2 heterocycles. The number of hydrogen-bond acceptors (Lipinski definition) is 4. The summed E-state index contributed by atoms with van der Waals surface area (Å²) in [7, 11) is 0. The maximum atomic E-state index is 12.5. The molecule has 6 nitrogen and oxygen atoms in total. The van der Waals surface area contributed by atoms with Gasteiger partial charge in [-0.3, -0.25) is 9.59 Å². The van der Waals surface area contributed by atoms with E-state index in [1.54, 1.807) is 0 Å². The van der Waals surface area contributed by atoms with Crippen molar-refractivity contribution in [1.29, 1.82) is 0 Å². The molecular formula is C13H19N3O3. The minimum absolute atomic E-state index is 0.00519. The van der Waals surface area contributed by atoms with Crippen LogP contribution in [0.4, 0.5) is 0 Å².